The normalized spacial score (nSPS) is 11.7. The summed E-state index contributed by atoms with van der Waals surface area (Å²) in [5.41, 5.74) is 1.96. The van der Waals surface area contributed by atoms with Crippen LogP contribution in [0.5, 0.6) is 11.5 Å². The molecule has 2 N–H and O–H groups in total. The Morgan fingerprint density at radius 2 is 1.72 bits per heavy atom. The molecule has 0 fully saturated rings. The van der Waals surface area contributed by atoms with Gasteiger partial charge >= 0.3 is 5.97 Å². The summed E-state index contributed by atoms with van der Waals surface area (Å²) in [6, 6.07) is 16.7. The molecule has 1 atom stereocenters. The summed E-state index contributed by atoms with van der Waals surface area (Å²) < 4.78 is 24.8. The molecule has 4 aromatic rings. The molecule has 0 saturated heterocycles. The average molecular weight is 509 g/mol. The van der Waals surface area contributed by atoms with Crippen LogP contribution in [0, 0.1) is 5.82 Å². The lowest BCUT2D eigenvalue weighted by Crippen LogP contribution is -2.42. The van der Waals surface area contributed by atoms with Crippen LogP contribution in [0.3, 0.4) is 0 Å². The highest BCUT2D eigenvalue weighted by Crippen LogP contribution is 2.31. The van der Waals surface area contributed by atoms with E-state index in [1.165, 1.54) is 26.4 Å². The molecule has 0 aliphatic heterocycles. The molecule has 9 heteroatoms. The predicted octanol–water partition coefficient (Wildman–Crippen LogP) is 5.14. The van der Waals surface area contributed by atoms with Crippen LogP contribution < -0.4 is 14.8 Å². The van der Waals surface area contributed by atoms with Crippen molar-refractivity contribution in [2.75, 3.05) is 14.2 Å². The van der Waals surface area contributed by atoms with E-state index in [1.54, 1.807) is 54.6 Å². The Balaban J connectivity index is 1.59. The summed E-state index contributed by atoms with van der Waals surface area (Å²) in [7, 11) is 2.82. The Bertz CT molecular complexity index is 1420. The number of amides is 1. The van der Waals surface area contributed by atoms with E-state index < -0.39 is 23.7 Å². The highest BCUT2D eigenvalue weighted by atomic mass is 35.5. The van der Waals surface area contributed by atoms with Crippen LogP contribution in [0.4, 0.5) is 4.39 Å². The maximum atomic E-state index is 14.3. The number of carboxylic acids is 1. The molecule has 1 amide bonds. The van der Waals surface area contributed by atoms with Crippen LogP contribution in [0.25, 0.3) is 22.2 Å². The highest BCUT2D eigenvalue weighted by molar-refractivity contribution is 6.33. The molecular weight excluding hydrogens is 487 g/mol. The second-order valence-electron chi connectivity index (χ2n) is 7.93. The van der Waals surface area contributed by atoms with E-state index >= 15 is 0 Å². The van der Waals surface area contributed by atoms with Crippen LogP contribution in [-0.2, 0) is 11.2 Å². The second-order valence-corrected chi connectivity index (χ2v) is 8.33. The Labute approximate surface area is 211 Å². The maximum absolute atomic E-state index is 14.3. The number of benzene rings is 3. The van der Waals surface area contributed by atoms with E-state index in [9.17, 15) is 19.1 Å². The van der Waals surface area contributed by atoms with Crippen LogP contribution in [0.1, 0.15) is 15.9 Å². The number of aliphatic carboxylic acids is 1. The van der Waals surface area contributed by atoms with Gasteiger partial charge in [0.2, 0.25) is 0 Å². The number of nitrogens with zero attached hydrogens (tertiary/aromatic N) is 1. The third-order valence-electron chi connectivity index (χ3n) is 5.67. The molecule has 0 aliphatic rings. The lowest BCUT2D eigenvalue weighted by Gasteiger charge is -2.18. The number of pyridine rings is 1. The summed E-state index contributed by atoms with van der Waals surface area (Å²) >= 11 is 6.17. The minimum Gasteiger partial charge on any atom is -0.496 e. The lowest BCUT2D eigenvalue weighted by molar-refractivity contribution is -0.139. The van der Waals surface area contributed by atoms with Gasteiger partial charge < -0.3 is 19.9 Å². The molecule has 184 valence electrons. The Hall–Kier alpha value is -4.17. The fourth-order valence-electron chi connectivity index (χ4n) is 3.92. The third-order valence-corrected chi connectivity index (χ3v) is 5.99. The van der Waals surface area contributed by atoms with Crippen molar-refractivity contribution < 1.29 is 28.6 Å². The Morgan fingerprint density at radius 1 is 1.03 bits per heavy atom. The van der Waals surface area contributed by atoms with E-state index in [0.717, 1.165) is 5.39 Å². The highest BCUT2D eigenvalue weighted by Gasteiger charge is 2.25. The van der Waals surface area contributed by atoms with Crippen molar-refractivity contribution in [2.24, 2.45) is 0 Å². The molecule has 4 rings (SSSR count). The van der Waals surface area contributed by atoms with Gasteiger partial charge in [-0.05, 0) is 48.0 Å². The Morgan fingerprint density at radius 3 is 2.36 bits per heavy atom. The first-order valence-corrected chi connectivity index (χ1v) is 11.3. The molecule has 36 heavy (non-hydrogen) atoms. The van der Waals surface area contributed by atoms with Crippen molar-refractivity contribution in [3.05, 3.63) is 88.7 Å². The van der Waals surface area contributed by atoms with Crippen LogP contribution in [0.15, 0.2) is 66.7 Å². The molecule has 0 radical (unpaired) electrons. The molecule has 1 aromatic heterocycles. The lowest BCUT2D eigenvalue weighted by atomic mass is 10.0. The summed E-state index contributed by atoms with van der Waals surface area (Å²) in [4.78, 5) is 29.4. The number of fused-ring (bicyclic) bond motifs is 1. The number of nitrogens with one attached hydrogen (secondary N) is 1. The number of ether oxygens (including phenoxy) is 2. The van der Waals surface area contributed by atoms with Crippen molar-refractivity contribution in [3.8, 4) is 22.8 Å². The van der Waals surface area contributed by atoms with Crippen molar-refractivity contribution in [3.63, 3.8) is 0 Å². The van der Waals surface area contributed by atoms with E-state index in [4.69, 9.17) is 21.1 Å². The number of carbonyl (C=O) groups is 2. The molecular formula is C27H22ClFN2O5. The minimum absolute atomic E-state index is 0.0232. The number of carbonyl (C=O) groups excluding carboxylic acids is 1. The predicted molar refractivity (Wildman–Crippen MR) is 134 cm³/mol. The zero-order valence-corrected chi connectivity index (χ0v) is 20.2. The van der Waals surface area contributed by atoms with Gasteiger partial charge in [0.25, 0.3) is 5.91 Å². The summed E-state index contributed by atoms with van der Waals surface area (Å²) in [5.74, 6) is -1.78. The van der Waals surface area contributed by atoms with Gasteiger partial charge in [-0.2, -0.15) is 0 Å². The van der Waals surface area contributed by atoms with E-state index in [1.807, 2.05) is 0 Å². The standard InChI is InChI=1S/C27H22ClFN2O5/c1-35-22-7-4-8-23(36-2)25(22)26(32)31-21(27(33)34)14-15-9-11-19-16(13-15)10-12-20(30-19)24-17(28)5-3-6-18(24)29/h3-13,21H,14H2,1-2H3,(H,31,32)(H,33,34). The molecule has 1 unspecified atom stereocenters. The quantitative estimate of drug-likeness (QED) is 0.342. The van der Waals surface area contributed by atoms with Crippen molar-refractivity contribution in [2.45, 2.75) is 12.5 Å². The first-order chi connectivity index (χ1) is 17.3. The third kappa shape index (κ3) is 5.08. The number of carboxylic acid groups (broad SMARTS) is 1. The zero-order valence-electron chi connectivity index (χ0n) is 19.4. The van der Waals surface area contributed by atoms with Gasteiger partial charge in [-0.15, -0.1) is 0 Å². The minimum atomic E-state index is -1.21. The smallest absolute Gasteiger partial charge is 0.326 e. The molecule has 3 aromatic carbocycles. The number of rotatable bonds is 8. The first-order valence-electron chi connectivity index (χ1n) is 10.9. The van der Waals surface area contributed by atoms with Gasteiger partial charge in [0.15, 0.2) is 0 Å². The number of halogens is 2. The number of hydrogen-bond acceptors (Lipinski definition) is 5. The fourth-order valence-corrected chi connectivity index (χ4v) is 4.18. The SMILES string of the molecule is COc1cccc(OC)c1C(=O)NC(Cc1ccc2nc(-c3c(F)cccc3Cl)ccc2c1)C(=O)O. The molecule has 0 saturated carbocycles. The topological polar surface area (TPSA) is 97.8 Å². The summed E-state index contributed by atoms with van der Waals surface area (Å²) in [6.45, 7) is 0. The molecule has 0 aliphatic carbocycles. The number of hydrogen-bond donors (Lipinski definition) is 2. The van der Waals surface area contributed by atoms with Crippen molar-refractivity contribution >= 4 is 34.4 Å². The van der Waals surface area contributed by atoms with Gasteiger partial charge in [0, 0.05) is 11.8 Å². The van der Waals surface area contributed by atoms with Gasteiger partial charge in [0.05, 0.1) is 36.0 Å². The van der Waals surface area contributed by atoms with Crippen LogP contribution in [0.2, 0.25) is 5.02 Å². The molecule has 0 bridgehead atoms. The zero-order chi connectivity index (χ0) is 25.8. The second kappa shape index (κ2) is 10.6. The van der Waals surface area contributed by atoms with Gasteiger partial charge in [0.1, 0.15) is 28.9 Å². The molecule has 7 nitrogen and oxygen atoms in total. The van der Waals surface area contributed by atoms with Gasteiger partial charge in [-0.3, -0.25) is 4.79 Å². The summed E-state index contributed by atoms with van der Waals surface area (Å²) in [6.07, 6.45) is 0.0232. The maximum Gasteiger partial charge on any atom is 0.326 e. The Kier molecular flexibility index (Phi) is 7.36. The van der Waals surface area contributed by atoms with E-state index in [0.29, 0.717) is 16.8 Å². The van der Waals surface area contributed by atoms with Crippen LogP contribution in [-0.4, -0.2) is 42.2 Å². The molecule has 1 heterocycles. The van der Waals surface area contributed by atoms with Gasteiger partial charge in [-0.25, -0.2) is 14.2 Å². The largest absolute Gasteiger partial charge is 0.496 e. The summed E-state index contributed by atoms with van der Waals surface area (Å²) in [5, 5.41) is 13.3. The van der Waals surface area contributed by atoms with E-state index in [-0.39, 0.29) is 34.1 Å². The monoisotopic (exact) mass is 508 g/mol. The van der Waals surface area contributed by atoms with E-state index in [2.05, 4.69) is 10.3 Å². The molecule has 0 spiro atoms. The number of aromatic nitrogens is 1. The van der Waals surface area contributed by atoms with Gasteiger partial charge in [-0.1, -0.05) is 35.9 Å². The average Bonchev–Trinajstić information content (AvgIpc) is 2.87. The van der Waals surface area contributed by atoms with Crippen LogP contribution >= 0.6 is 11.6 Å². The fraction of sp³-hybridized carbons (Fsp3) is 0.148. The first kappa shape index (κ1) is 24.9. The van der Waals surface area contributed by atoms with Crippen molar-refractivity contribution in [1.29, 1.82) is 0 Å². The van der Waals surface area contributed by atoms with Crippen molar-refractivity contribution in [1.82, 2.24) is 10.3 Å². The number of methoxy groups -OCH3 is 2.